The molecule has 0 spiro atoms. The molecule has 2 rings (SSSR count). The van der Waals surface area contributed by atoms with Crippen LogP contribution in [0.4, 0.5) is 8.78 Å². The Labute approximate surface area is 103 Å². The Hall–Kier alpha value is -1.26. The lowest BCUT2D eigenvalue weighted by atomic mass is 9.99. The van der Waals surface area contributed by atoms with Crippen LogP contribution in [0.15, 0.2) is 29.0 Å². The van der Waals surface area contributed by atoms with Gasteiger partial charge in [0.25, 0.3) is 0 Å². The van der Waals surface area contributed by atoms with Gasteiger partial charge in [-0.3, -0.25) is 0 Å². The third-order valence-electron chi connectivity index (χ3n) is 2.73. The fourth-order valence-electron chi connectivity index (χ4n) is 1.78. The average Bonchev–Trinajstić information content (AvgIpc) is 2.70. The quantitative estimate of drug-likeness (QED) is 0.889. The first-order chi connectivity index (χ1) is 8.08. The summed E-state index contributed by atoms with van der Waals surface area (Å²) in [5.41, 5.74) is 8.97. The first-order valence-corrected chi connectivity index (χ1v) is 6.24. The van der Waals surface area contributed by atoms with Gasteiger partial charge in [-0.1, -0.05) is 6.07 Å². The van der Waals surface area contributed by atoms with Crippen molar-refractivity contribution < 1.29 is 8.78 Å². The highest BCUT2D eigenvalue weighted by Crippen LogP contribution is 2.23. The molecule has 17 heavy (non-hydrogen) atoms. The zero-order valence-corrected chi connectivity index (χ0v) is 10.2. The molecule has 1 aromatic heterocycles. The predicted molar refractivity (Wildman–Crippen MR) is 66.0 cm³/mol. The molecule has 0 saturated carbocycles. The Balaban J connectivity index is 2.16. The maximum Gasteiger partial charge on any atom is 0.159 e. The van der Waals surface area contributed by atoms with E-state index >= 15 is 0 Å². The number of hydrogen-bond acceptors (Lipinski definition) is 2. The maximum atomic E-state index is 13.0. The number of aryl methyl sites for hydroxylation is 1. The molecule has 1 nitrogen and oxygen atoms in total. The number of rotatable bonds is 3. The number of halogens is 2. The molecular formula is C13H13F2NS. The van der Waals surface area contributed by atoms with Gasteiger partial charge in [-0.05, 0) is 52.9 Å². The van der Waals surface area contributed by atoms with Crippen molar-refractivity contribution in [2.75, 3.05) is 0 Å². The van der Waals surface area contributed by atoms with Crippen LogP contribution in [0.25, 0.3) is 0 Å². The SMILES string of the molecule is Cc1cscc1C(N)Cc1ccc(F)c(F)c1. The minimum atomic E-state index is -0.825. The van der Waals surface area contributed by atoms with E-state index in [2.05, 4.69) is 0 Å². The molecule has 1 aromatic carbocycles. The van der Waals surface area contributed by atoms with Crippen molar-refractivity contribution in [3.63, 3.8) is 0 Å². The summed E-state index contributed by atoms with van der Waals surface area (Å²) in [6.45, 7) is 2.00. The predicted octanol–water partition coefficient (Wildman–Crippen LogP) is 3.58. The molecule has 2 aromatic rings. The van der Waals surface area contributed by atoms with E-state index in [1.165, 1.54) is 6.07 Å². The number of nitrogens with two attached hydrogens (primary N) is 1. The lowest BCUT2D eigenvalue weighted by Gasteiger charge is -2.11. The fraction of sp³-hybridized carbons (Fsp3) is 0.231. The Morgan fingerprint density at radius 3 is 2.59 bits per heavy atom. The monoisotopic (exact) mass is 253 g/mol. The molecule has 0 aliphatic rings. The highest BCUT2D eigenvalue weighted by atomic mass is 32.1. The summed E-state index contributed by atoms with van der Waals surface area (Å²) in [4.78, 5) is 0. The maximum absolute atomic E-state index is 13.0. The Morgan fingerprint density at radius 1 is 1.24 bits per heavy atom. The van der Waals surface area contributed by atoms with Gasteiger partial charge in [0, 0.05) is 6.04 Å². The van der Waals surface area contributed by atoms with Crippen molar-refractivity contribution in [2.45, 2.75) is 19.4 Å². The van der Waals surface area contributed by atoms with Crippen molar-refractivity contribution in [1.29, 1.82) is 0 Å². The standard InChI is InChI=1S/C13H13F2NS/c1-8-6-17-7-10(8)13(16)5-9-2-3-11(14)12(15)4-9/h2-4,6-7,13H,5,16H2,1H3. The van der Waals surface area contributed by atoms with E-state index < -0.39 is 11.6 Å². The molecule has 1 atom stereocenters. The Kier molecular flexibility index (Phi) is 3.54. The van der Waals surface area contributed by atoms with E-state index in [0.29, 0.717) is 12.0 Å². The van der Waals surface area contributed by atoms with Crippen LogP contribution in [-0.2, 0) is 6.42 Å². The summed E-state index contributed by atoms with van der Waals surface area (Å²) in [6.07, 6.45) is 0.509. The minimum Gasteiger partial charge on any atom is -0.324 e. The molecule has 0 saturated heterocycles. The first kappa shape index (κ1) is 12.2. The van der Waals surface area contributed by atoms with Gasteiger partial charge in [-0.2, -0.15) is 11.3 Å². The molecule has 0 radical (unpaired) electrons. The Bertz CT molecular complexity index is 522. The van der Waals surface area contributed by atoms with Crippen LogP contribution in [0.5, 0.6) is 0 Å². The fourth-order valence-corrected chi connectivity index (χ4v) is 2.70. The van der Waals surface area contributed by atoms with Gasteiger partial charge in [0.15, 0.2) is 11.6 Å². The van der Waals surface area contributed by atoms with Gasteiger partial charge in [-0.25, -0.2) is 8.78 Å². The lowest BCUT2D eigenvalue weighted by molar-refractivity contribution is 0.506. The zero-order chi connectivity index (χ0) is 12.4. The third-order valence-corrected chi connectivity index (χ3v) is 3.61. The van der Waals surface area contributed by atoms with Gasteiger partial charge < -0.3 is 5.73 Å². The molecule has 4 heteroatoms. The molecular weight excluding hydrogens is 240 g/mol. The largest absolute Gasteiger partial charge is 0.324 e. The molecule has 1 heterocycles. The van der Waals surface area contributed by atoms with Gasteiger partial charge in [0.1, 0.15) is 0 Å². The van der Waals surface area contributed by atoms with Crippen molar-refractivity contribution in [3.05, 3.63) is 57.3 Å². The van der Waals surface area contributed by atoms with E-state index in [9.17, 15) is 8.78 Å². The normalized spacial score (nSPS) is 12.7. The molecule has 0 fully saturated rings. The zero-order valence-electron chi connectivity index (χ0n) is 9.41. The Morgan fingerprint density at radius 2 is 2.00 bits per heavy atom. The van der Waals surface area contributed by atoms with Crippen LogP contribution in [0.1, 0.15) is 22.7 Å². The van der Waals surface area contributed by atoms with E-state index in [1.54, 1.807) is 17.4 Å². The van der Waals surface area contributed by atoms with Crippen LogP contribution in [0, 0.1) is 18.6 Å². The minimum absolute atomic E-state index is 0.175. The molecule has 0 aliphatic heterocycles. The highest BCUT2D eigenvalue weighted by molar-refractivity contribution is 7.08. The second-order valence-corrected chi connectivity index (χ2v) is 4.81. The van der Waals surface area contributed by atoms with E-state index in [4.69, 9.17) is 5.73 Å². The van der Waals surface area contributed by atoms with E-state index in [1.807, 2.05) is 17.7 Å². The van der Waals surface area contributed by atoms with Gasteiger partial charge >= 0.3 is 0 Å². The van der Waals surface area contributed by atoms with E-state index in [-0.39, 0.29) is 6.04 Å². The van der Waals surface area contributed by atoms with Crippen molar-refractivity contribution in [3.8, 4) is 0 Å². The lowest BCUT2D eigenvalue weighted by Crippen LogP contribution is -2.13. The van der Waals surface area contributed by atoms with Crippen LogP contribution in [0.3, 0.4) is 0 Å². The number of benzene rings is 1. The van der Waals surface area contributed by atoms with Crippen molar-refractivity contribution >= 4 is 11.3 Å². The summed E-state index contributed by atoms with van der Waals surface area (Å²) in [7, 11) is 0. The van der Waals surface area contributed by atoms with Crippen LogP contribution < -0.4 is 5.73 Å². The number of thiophene rings is 1. The molecule has 1 unspecified atom stereocenters. The topological polar surface area (TPSA) is 26.0 Å². The van der Waals surface area contributed by atoms with Crippen LogP contribution >= 0.6 is 11.3 Å². The van der Waals surface area contributed by atoms with Crippen LogP contribution in [-0.4, -0.2) is 0 Å². The smallest absolute Gasteiger partial charge is 0.159 e. The molecule has 90 valence electrons. The van der Waals surface area contributed by atoms with Crippen LogP contribution in [0.2, 0.25) is 0 Å². The molecule has 2 N–H and O–H groups in total. The summed E-state index contributed by atoms with van der Waals surface area (Å²) < 4.78 is 25.8. The molecule has 0 aliphatic carbocycles. The molecule has 0 bridgehead atoms. The highest BCUT2D eigenvalue weighted by Gasteiger charge is 2.12. The average molecular weight is 253 g/mol. The second kappa shape index (κ2) is 4.94. The summed E-state index contributed by atoms with van der Waals surface area (Å²) >= 11 is 1.60. The first-order valence-electron chi connectivity index (χ1n) is 5.30. The summed E-state index contributed by atoms with van der Waals surface area (Å²) in [5.74, 6) is -1.65. The van der Waals surface area contributed by atoms with Crippen molar-refractivity contribution in [2.24, 2.45) is 5.73 Å². The van der Waals surface area contributed by atoms with E-state index in [0.717, 1.165) is 17.2 Å². The van der Waals surface area contributed by atoms with Gasteiger partial charge in [0.2, 0.25) is 0 Å². The summed E-state index contributed by atoms with van der Waals surface area (Å²) in [5, 5.41) is 4.03. The molecule has 0 amide bonds. The third kappa shape index (κ3) is 2.70. The van der Waals surface area contributed by atoms with Gasteiger partial charge in [0.05, 0.1) is 0 Å². The second-order valence-electron chi connectivity index (χ2n) is 4.07. The van der Waals surface area contributed by atoms with Gasteiger partial charge in [-0.15, -0.1) is 0 Å². The number of hydrogen-bond donors (Lipinski definition) is 1. The summed E-state index contributed by atoms with van der Waals surface area (Å²) in [6, 6.07) is 3.74. The van der Waals surface area contributed by atoms with Crippen molar-refractivity contribution in [1.82, 2.24) is 0 Å².